The van der Waals surface area contributed by atoms with Gasteiger partial charge in [-0.1, -0.05) is 46.2 Å². The van der Waals surface area contributed by atoms with Crippen molar-refractivity contribution in [1.82, 2.24) is 10.6 Å². The molecule has 0 fully saturated rings. The molecule has 1 aromatic rings. The molecule has 8 heteroatoms. The van der Waals surface area contributed by atoms with Crippen LogP contribution in [-0.2, 0) is 20.8 Å². The fraction of sp³-hybridized carbons (Fsp3) is 0.571. The summed E-state index contributed by atoms with van der Waals surface area (Å²) in [5, 5.41) is 24.0. The molecule has 2 amide bonds. The van der Waals surface area contributed by atoms with Crippen molar-refractivity contribution in [1.29, 1.82) is 0 Å². The maximum Gasteiger partial charge on any atom is 0.326 e. The molecular weight excluding hydrogens is 374 g/mol. The third-order valence-corrected chi connectivity index (χ3v) is 4.89. The molecular formula is C21H33N3O5. The average Bonchev–Trinajstić information content (AvgIpc) is 2.66. The van der Waals surface area contributed by atoms with Crippen LogP contribution in [0.15, 0.2) is 24.3 Å². The first-order chi connectivity index (χ1) is 13.5. The number of benzene rings is 1. The molecule has 0 spiro atoms. The van der Waals surface area contributed by atoms with Crippen LogP contribution in [0.3, 0.4) is 0 Å². The first-order valence-corrected chi connectivity index (χ1v) is 9.92. The van der Waals surface area contributed by atoms with Gasteiger partial charge in [-0.15, -0.1) is 0 Å². The molecule has 162 valence electrons. The summed E-state index contributed by atoms with van der Waals surface area (Å²) in [5.41, 5.74) is 6.68. The van der Waals surface area contributed by atoms with Crippen molar-refractivity contribution in [3.8, 4) is 5.75 Å². The van der Waals surface area contributed by atoms with E-state index in [1.165, 1.54) is 12.1 Å². The number of carboxylic acid groups (broad SMARTS) is 1. The lowest BCUT2D eigenvalue weighted by atomic mass is 9.98. The zero-order valence-corrected chi connectivity index (χ0v) is 17.5. The summed E-state index contributed by atoms with van der Waals surface area (Å²) >= 11 is 0. The zero-order valence-electron chi connectivity index (χ0n) is 17.5. The summed E-state index contributed by atoms with van der Waals surface area (Å²) in [4.78, 5) is 36.9. The second-order valence-electron chi connectivity index (χ2n) is 7.87. The molecule has 0 aromatic heterocycles. The molecule has 4 atom stereocenters. The number of carbonyl (C=O) groups excluding carboxylic acids is 2. The number of amides is 2. The maximum atomic E-state index is 12.8. The first-order valence-electron chi connectivity index (χ1n) is 9.92. The van der Waals surface area contributed by atoms with Gasteiger partial charge in [0.25, 0.3) is 0 Å². The van der Waals surface area contributed by atoms with Gasteiger partial charge in [0.2, 0.25) is 11.8 Å². The Labute approximate surface area is 171 Å². The van der Waals surface area contributed by atoms with Crippen LogP contribution in [0.2, 0.25) is 0 Å². The van der Waals surface area contributed by atoms with E-state index in [2.05, 4.69) is 10.6 Å². The highest BCUT2D eigenvalue weighted by Crippen LogP contribution is 2.13. The predicted molar refractivity (Wildman–Crippen MR) is 110 cm³/mol. The lowest BCUT2D eigenvalue weighted by molar-refractivity contribution is -0.142. The molecule has 0 aliphatic rings. The number of phenolic OH excluding ortho intramolecular Hbond substituents is 1. The van der Waals surface area contributed by atoms with Crippen LogP contribution in [0.25, 0.3) is 0 Å². The Kier molecular flexibility index (Phi) is 9.61. The van der Waals surface area contributed by atoms with Crippen molar-refractivity contribution in [3.63, 3.8) is 0 Å². The topological polar surface area (TPSA) is 142 Å². The molecule has 1 rings (SSSR count). The van der Waals surface area contributed by atoms with Gasteiger partial charge >= 0.3 is 5.97 Å². The molecule has 0 aliphatic heterocycles. The van der Waals surface area contributed by atoms with Gasteiger partial charge in [0, 0.05) is 6.42 Å². The summed E-state index contributed by atoms with van der Waals surface area (Å²) in [6.45, 7) is 7.50. The zero-order chi connectivity index (χ0) is 22.1. The minimum atomic E-state index is -1.13. The van der Waals surface area contributed by atoms with E-state index in [-0.39, 0.29) is 30.4 Å². The van der Waals surface area contributed by atoms with Crippen molar-refractivity contribution in [3.05, 3.63) is 29.8 Å². The number of phenols is 1. The minimum Gasteiger partial charge on any atom is -0.508 e. The van der Waals surface area contributed by atoms with E-state index < -0.39 is 35.9 Å². The lowest BCUT2D eigenvalue weighted by Crippen LogP contribution is -2.56. The Morgan fingerprint density at radius 1 is 1.00 bits per heavy atom. The van der Waals surface area contributed by atoms with Crippen molar-refractivity contribution in [2.24, 2.45) is 17.6 Å². The largest absolute Gasteiger partial charge is 0.508 e. The van der Waals surface area contributed by atoms with Crippen LogP contribution in [0.5, 0.6) is 5.75 Å². The van der Waals surface area contributed by atoms with Crippen molar-refractivity contribution in [2.45, 2.75) is 65.1 Å². The molecule has 6 N–H and O–H groups in total. The van der Waals surface area contributed by atoms with Crippen LogP contribution < -0.4 is 16.4 Å². The SMILES string of the molecule is CC[C@H](C)[C@H](N)C(=O)N[C@@H](Cc1ccc(O)cc1)C(=O)N[C@@H](CC(C)C)C(=O)O. The minimum absolute atomic E-state index is 0.0694. The van der Waals surface area contributed by atoms with E-state index in [1.807, 2.05) is 27.7 Å². The number of nitrogens with one attached hydrogen (secondary N) is 2. The number of nitrogens with two attached hydrogens (primary N) is 1. The summed E-state index contributed by atoms with van der Waals surface area (Å²) in [6.07, 6.45) is 1.12. The van der Waals surface area contributed by atoms with E-state index in [0.29, 0.717) is 12.0 Å². The molecule has 0 aliphatic carbocycles. The third kappa shape index (κ3) is 8.11. The molecule has 0 saturated heterocycles. The number of aromatic hydroxyl groups is 1. The number of hydrogen-bond donors (Lipinski definition) is 5. The van der Waals surface area contributed by atoms with Crippen LogP contribution in [-0.4, -0.2) is 46.1 Å². The van der Waals surface area contributed by atoms with Gasteiger partial charge in [-0.25, -0.2) is 4.79 Å². The van der Waals surface area contributed by atoms with E-state index in [4.69, 9.17) is 5.73 Å². The number of carboxylic acids is 1. The maximum absolute atomic E-state index is 12.8. The molecule has 0 unspecified atom stereocenters. The monoisotopic (exact) mass is 407 g/mol. The van der Waals surface area contributed by atoms with Gasteiger partial charge in [-0.05, 0) is 36.0 Å². The number of rotatable bonds is 11. The summed E-state index contributed by atoms with van der Waals surface area (Å²) < 4.78 is 0. The highest BCUT2D eigenvalue weighted by Gasteiger charge is 2.29. The number of hydrogen-bond acceptors (Lipinski definition) is 5. The van der Waals surface area contributed by atoms with E-state index >= 15 is 0 Å². The Bertz CT molecular complexity index is 690. The van der Waals surface area contributed by atoms with Crippen LogP contribution in [0.4, 0.5) is 0 Å². The van der Waals surface area contributed by atoms with Gasteiger partial charge in [-0.2, -0.15) is 0 Å². The fourth-order valence-corrected chi connectivity index (χ4v) is 2.82. The molecule has 1 aromatic carbocycles. The van der Waals surface area contributed by atoms with Crippen molar-refractivity contribution >= 4 is 17.8 Å². The van der Waals surface area contributed by atoms with Gasteiger partial charge in [0.05, 0.1) is 6.04 Å². The van der Waals surface area contributed by atoms with Gasteiger partial charge in [0.1, 0.15) is 17.8 Å². The van der Waals surface area contributed by atoms with Gasteiger partial charge < -0.3 is 26.6 Å². The second-order valence-corrected chi connectivity index (χ2v) is 7.87. The van der Waals surface area contributed by atoms with Gasteiger partial charge in [0.15, 0.2) is 0 Å². The quantitative estimate of drug-likeness (QED) is 0.375. The molecule has 0 bridgehead atoms. The normalized spacial score (nSPS) is 15.2. The van der Waals surface area contributed by atoms with Crippen molar-refractivity contribution < 1.29 is 24.6 Å². The number of carbonyl (C=O) groups is 3. The van der Waals surface area contributed by atoms with Crippen LogP contribution >= 0.6 is 0 Å². The molecule has 0 saturated carbocycles. The number of aliphatic carboxylic acids is 1. The van der Waals surface area contributed by atoms with E-state index in [1.54, 1.807) is 12.1 Å². The Balaban J connectivity index is 3.01. The second kappa shape index (κ2) is 11.4. The van der Waals surface area contributed by atoms with E-state index in [9.17, 15) is 24.6 Å². The third-order valence-electron chi connectivity index (χ3n) is 4.89. The highest BCUT2D eigenvalue weighted by molar-refractivity contribution is 5.92. The Morgan fingerprint density at radius 3 is 2.03 bits per heavy atom. The molecule has 0 heterocycles. The smallest absolute Gasteiger partial charge is 0.326 e. The van der Waals surface area contributed by atoms with Crippen LogP contribution in [0, 0.1) is 11.8 Å². The molecule has 29 heavy (non-hydrogen) atoms. The highest BCUT2D eigenvalue weighted by atomic mass is 16.4. The van der Waals surface area contributed by atoms with Gasteiger partial charge in [-0.3, -0.25) is 9.59 Å². The average molecular weight is 408 g/mol. The van der Waals surface area contributed by atoms with Crippen molar-refractivity contribution in [2.75, 3.05) is 0 Å². The summed E-state index contributed by atoms with van der Waals surface area (Å²) in [5.74, 6) is -2.09. The summed E-state index contributed by atoms with van der Waals surface area (Å²) in [7, 11) is 0. The fourth-order valence-electron chi connectivity index (χ4n) is 2.82. The molecule has 0 radical (unpaired) electrons. The lowest BCUT2D eigenvalue weighted by Gasteiger charge is -2.25. The standard InChI is InChI=1S/C21H33N3O5/c1-5-13(4)18(22)20(27)23-16(11-14-6-8-15(25)9-7-14)19(26)24-17(21(28)29)10-12(2)3/h6-9,12-13,16-18,25H,5,10-11,22H2,1-4H3,(H,23,27)(H,24,26)(H,28,29)/t13-,16-,17-,18-/m0/s1. The Morgan fingerprint density at radius 2 is 1.55 bits per heavy atom. The van der Waals surface area contributed by atoms with E-state index in [0.717, 1.165) is 0 Å². The Hall–Kier alpha value is -2.61. The van der Waals surface area contributed by atoms with Crippen LogP contribution in [0.1, 0.15) is 46.1 Å². The predicted octanol–water partition coefficient (Wildman–Crippen LogP) is 1.41. The molecule has 8 nitrogen and oxygen atoms in total. The first kappa shape index (κ1) is 24.4. The summed E-state index contributed by atoms with van der Waals surface area (Å²) in [6, 6.07) is 3.42.